The van der Waals surface area contributed by atoms with Gasteiger partial charge in [0.2, 0.25) is 0 Å². The lowest BCUT2D eigenvalue weighted by Crippen LogP contribution is -1.96. The third-order valence-electron chi connectivity index (χ3n) is 0.498. The Kier molecular flexibility index (Phi) is 2.53. The zero-order valence-electron chi connectivity index (χ0n) is 4.41. The number of carbonyl (C=O) groups excluding carboxylic acids is 1. The molecule has 0 atom stereocenters. The molecule has 60 valence electrons. The molecule has 0 aromatic heterocycles. The average molecular weight is 190 g/mol. The highest BCUT2D eigenvalue weighted by Crippen LogP contribution is 2.54. The van der Waals surface area contributed by atoms with E-state index >= 15 is 0 Å². The third-order valence-corrected chi connectivity index (χ3v) is 3.06. The second kappa shape index (κ2) is 2.54. The lowest BCUT2D eigenvalue weighted by atomic mass is 11.8. The number of rotatable bonds is 2. The van der Waals surface area contributed by atoms with Crippen LogP contribution in [0.5, 0.6) is 0 Å². The number of carbonyl (C=O) groups is 1. The maximum Gasteiger partial charge on any atom is 0.404 e. The van der Waals surface area contributed by atoms with Gasteiger partial charge in [-0.05, 0) is 0 Å². The van der Waals surface area contributed by atoms with Crippen molar-refractivity contribution in [3.63, 3.8) is 0 Å². The van der Waals surface area contributed by atoms with E-state index < -0.39 is 20.5 Å². The molecule has 0 saturated carbocycles. The maximum absolute atomic E-state index is 9.96. The second-order valence-electron chi connectivity index (χ2n) is 1.37. The fourth-order valence-electron chi connectivity index (χ4n) is 0.170. The quantitative estimate of drug-likeness (QED) is 0.429. The van der Waals surface area contributed by atoms with Crippen LogP contribution in [0.25, 0.3) is 0 Å². The molecule has 0 aromatic rings. The Labute approximate surface area is 55.0 Å². The average Bonchev–Trinajstić information content (AvgIpc) is 1.59. The Morgan fingerprint density at radius 1 is 0.900 bits per heavy atom. The van der Waals surface area contributed by atoms with Crippen LogP contribution in [0.3, 0.4) is 0 Å². The molecule has 0 bridgehead atoms. The molecule has 0 amide bonds. The minimum absolute atomic E-state index is 2.35. The zero-order chi connectivity index (χ0) is 8.58. The second-order valence-corrected chi connectivity index (χ2v) is 4.71. The van der Waals surface area contributed by atoms with Crippen LogP contribution in [0, 0.1) is 0 Å². The summed E-state index contributed by atoms with van der Waals surface area (Å²) in [5.41, 5.74) is 0. The molecule has 9 heteroatoms. The first-order chi connectivity index (χ1) is 4.15. The van der Waals surface area contributed by atoms with Crippen LogP contribution < -0.4 is 0 Å². The lowest BCUT2D eigenvalue weighted by molar-refractivity contribution is 0.255. The summed E-state index contributed by atoms with van der Waals surface area (Å²) in [5.74, 6) is 0. The van der Waals surface area contributed by atoms with Crippen LogP contribution in [0.15, 0.2) is 0 Å². The minimum Gasteiger partial charge on any atom is -0.319 e. The molecule has 0 aliphatic carbocycles. The predicted molar refractivity (Wildman–Crippen MR) is 29.5 cm³/mol. The standard InChI is InChI=1S/CH4O7P2/c2-1(9(3,4)5)10(6,7)8/h(H2,3,4,5)(H2,6,7,8). The highest BCUT2D eigenvalue weighted by molar-refractivity contribution is 7.96. The van der Waals surface area contributed by atoms with Crippen molar-refractivity contribution in [3.8, 4) is 0 Å². The summed E-state index contributed by atoms with van der Waals surface area (Å²) in [6, 6.07) is 0. The van der Waals surface area contributed by atoms with E-state index in [2.05, 4.69) is 0 Å². The highest BCUT2D eigenvalue weighted by Gasteiger charge is 2.41. The van der Waals surface area contributed by atoms with E-state index in [1.165, 1.54) is 0 Å². The molecule has 0 spiro atoms. The molecular formula is CH4O7P2. The highest BCUT2D eigenvalue weighted by atomic mass is 31.2. The molecule has 7 nitrogen and oxygen atoms in total. The van der Waals surface area contributed by atoms with Crippen LogP contribution in [0.1, 0.15) is 0 Å². The van der Waals surface area contributed by atoms with Crippen molar-refractivity contribution < 1.29 is 33.5 Å². The van der Waals surface area contributed by atoms with E-state index in [1.54, 1.807) is 0 Å². The van der Waals surface area contributed by atoms with Gasteiger partial charge in [-0.2, -0.15) is 0 Å². The largest absolute Gasteiger partial charge is 0.404 e. The van der Waals surface area contributed by atoms with Gasteiger partial charge in [-0.15, -0.1) is 0 Å². The van der Waals surface area contributed by atoms with Gasteiger partial charge < -0.3 is 19.6 Å². The normalized spacial score (nSPS) is 13.2. The first-order valence-corrected chi connectivity index (χ1v) is 5.04. The SMILES string of the molecule is O=C(P(=O)(O)O)P(=O)(O)O. The van der Waals surface area contributed by atoms with E-state index in [4.69, 9.17) is 19.6 Å². The predicted octanol–water partition coefficient (Wildman–Crippen LogP) is -0.538. The van der Waals surface area contributed by atoms with Crippen molar-refractivity contribution in [1.29, 1.82) is 0 Å². The van der Waals surface area contributed by atoms with Gasteiger partial charge in [0.15, 0.2) is 0 Å². The Hall–Kier alpha value is -0.0300. The topological polar surface area (TPSA) is 132 Å². The van der Waals surface area contributed by atoms with Crippen LogP contribution in [-0.2, 0) is 9.13 Å². The van der Waals surface area contributed by atoms with Gasteiger partial charge in [-0.25, -0.2) is 0 Å². The first kappa shape index (κ1) is 9.97. The lowest BCUT2D eigenvalue weighted by Gasteiger charge is -2.01. The van der Waals surface area contributed by atoms with E-state index in [-0.39, 0.29) is 0 Å². The Morgan fingerprint density at radius 2 is 1.10 bits per heavy atom. The molecule has 0 aromatic carbocycles. The van der Waals surface area contributed by atoms with Crippen molar-refractivity contribution >= 4 is 20.5 Å². The smallest absolute Gasteiger partial charge is 0.319 e. The summed E-state index contributed by atoms with van der Waals surface area (Å²) >= 11 is 0. The van der Waals surface area contributed by atoms with Gasteiger partial charge >= 0.3 is 20.5 Å². The maximum atomic E-state index is 9.96. The summed E-state index contributed by atoms with van der Waals surface area (Å²) in [6.45, 7) is 0. The van der Waals surface area contributed by atoms with Gasteiger partial charge in [0.25, 0.3) is 0 Å². The van der Waals surface area contributed by atoms with E-state index in [9.17, 15) is 13.9 Å². The fraction of sp³-hybridized carbons (Fsp3) is 0. The first-order valence-electron chi connectivity index (χ1n) is 1.82. The molecule has 0 radical (unpaired) electrons. The van der Waals surface area contributed by atoms with Gasteiger partial charge in [0, 0.05) is 0 Å². The summed E-state index contributed by atoms with van der Waals surface area (Å²) in [6.07, 6.45) is 0. The summed E-state index contributed by atoms with van der Waals surface area (Å²) in [5, 5.41) is -2.35. The molecule has 0 aliphatic heterocycles. The van der Waals surface area contributed by atoms with Crippen LogP contribution in [-0.4, -0.2) is 24.8 Å². The number of hydrogen-bond acceptors (Lipinski definition) is 3. The van der Waals surface area contributed by atoms with E-state index in [0.717, 1.165) is 0 Å². The van der Waals surface area contributed by atoms with E-state index in [0.29, 0.717) is 0 Å². The third kappa shape index (κ3) is 2.70. The zero-order valence-corrected chi connectivity index (χ0v) is 6.20. The number of hydrogen-bond donors (Lipinski definition) is 4. The monoisotopic (exact) mass is 190 g/mol. The molecule has 0 unspecified atom stereocenters. The Morgan fingerprint density at radius 3 is 1.10 bits per heavy atom. The minimum atomic E-state index is -5.28. The summed E-state index contributed by atoms with van der Waals surface area (Å²) in [7, 11) is -10.6. The Balaban J connectivity index is 4.75. The molecule has 4 N–H and O–H groups in total. The van der Waals surface area contributed by atoms with Crippen LogP contribution in [0.4, 0.5) is 4.79 Å². The fourth-order valence-corrected chi connectivity index (χ4v) is 1.53. The molecule has 0 aliphatic rings. The van der Waals surface area contributed by atoms with Gasteiger partial charge in [0.05, 0.1) is 0 Å². The van der Waals surface area contributed by atoms with Gasteiger partial charge in [-0.3, -0.25) is 13.9 Å². The van der Waals surface area contributed by atoms with Crippen LogP contribution in [0.2, 0.25) is 0 Å². The van der Waals surface area contributed by atoms with Crippen molar-refractivity contribution in [2.45, 2.75) is 0 Å². The summed E-state index contributed by atoms with van der Waals surface area (Å²) in [4.78, 5) is 41.5. The molecular weight excluding hydrogens is 186 g/mol. The summed E-state index contributed by atoms with van der Waals surface area (Å²) < 4.78 is 19.7. The van der Waals surface area contributed by atoms with Crippen molar-refractivity contribution in [2.75, 3.05) is 0 Å². The molecule has 0 rings (SSSR count). The van der Waals surface area contributed by atoms with Crippen molar-refractivity contribution in [3.05, 3.63) is 0 Å². The van der Waals surface area contributed by atoms with Gasteiger partial charge in [-0.1, -0.05) is 0 Å². The van der Waals surface area contributed by atoms with Crippen LogP contribution >= 0.6 is 15.2 Å². The molecule has 0 heterocycles. The molecule has 10 heavy (non-hydrogen) atoms. The molecule has 0 saturated heterocycles. The molecule has 0 fully saturated rings. The van der Waals surface area contributed by atoms with Gasteiger partial charge in [0.1, 0.15) is 0 Å². The Bertz CT molecular complexity index is 204. The van der Waals surface area contributed by atoms with Crippen molar-refractivity contribution in [2.24, 2.45) is 0 Å². The van der Waals surface area contributed by atoms with E-state index in [1.807, 2.05) is 0 Å². The van der Waals surface area contributed by atoms with Crippen molar-refractivity contribution in [1.82, 2.24) is 0 Å².